The molecule has 0 aliphatic carbocycles. The Labute approximate surface area is 84.9 Å². The van der Waals surface area contributed by atoms with Crippen LogP contribution in [0.15, 0.2) is 18.2 Å². The van der Waals surface area contributed by atoms with Crippen molar-refractivity contribution in [2.45, 2.75) is 19.8 Å². The van der Waals surface area contributed by atoms with Crippen LogP contribution in [0.4, 0.5) is 11.4 Å². The van der Waals surface area contributed by atoms with Gasteiger partial charge in [-0.25, -0.2) is 0 Å². The van der Waals surface area contributed by atoms with Gasteiger partial charge in [0, 0.05) is 13.2 Å². The van der Waals surface area contributed by atoms with Crippen molar-refractivity contribution in [3.05, 3.63) is 23.8 Å². The highest BCUT2D eigenvalue weighted by atomic mass is 16.2. The summed E-state index contributed by atoms with van der Waals surface area (Å²) >= 11 is 0. The molecule has 0 fully saturated rings. The van der Waals surface area contributed by atoms with Crippen LogP contribution < -0.4 is 11.1 Å². The molecule has 1 aromatic carbocycles. The Kier molecular flexibility index (Phi) is 4.26. The fourth-order valence-electron chi connectivity index (χ4n) is 1.30. The highest BCUT2D eigenvalue weighted by Gasteiger charge is 1.97. The summed E-state index contributed by atoms with van der Waals surface area (Å²) in [5.74, 6) is 0. The van der Waals surface area contributed by atoms with Crippen molar-refractivity contribution in [3.8, 4) is 0 Å². The second-order valence-corrected chi connectivity index (χ2v) is 3.45. The van der Waals surface area contributed by atoms with E-state index in [9.17, 15) is 0 Å². The summed E-state index contributed by atoms with van der Waals surface area (Å²) in [4.78, 5) is 0. The van der Waals surface area contributed by atoms with Gasteiger partial charge < -0.3 is 16.2 Å². The number of nitrogens with one attached hydrogen (secondary N) is 1. The Hall–Kier alpha value is -1.22. The van der Waals surface area contributed by atoms with Gasteiger partial charge in [0.05, 0.1) is 11.4 Å². The van der Waals surface area contributed by atoms with Crippen LogP contribution in [-0.2, 0) is 0 Å². The van der Waals surface area contributed by atoms with E-state index in [1.807, 2.05) is 25.1 Å². The minimum Gasteiger partial charge on any atom is -0.397 e. The highest BCUT2D eigenvalue weighted by Crippen LogP contribution is 2.19. The summed E-state index contributed by atoms with van der Waals surface area (Å²) < 4.78 is 0. The van der Waals surface area contributed by atoms with Crippen molar-refractivity contribution < 1.29 is 5.11 Å². The predicted octanol–water partition coefficient (Wildman–Crippen LogP) is 1.76. The molecule has 14 heavy (non-hydrogen) atoms. The van der Waals surface area contributed by atoms with Gasteiger partial charge in [-0.2, -0.15) is 0 Å². The van der Waals surface area contributed by atoms with Crippen LogP contribution in [0, 0.1) is 6.92 Å². The molecule has 0 bridgehead atoms. The molecule has 0 heterocycles. The van der Waals surface area contributed by atoms with Crippen molar-refractivity contribution in [1.82, 2.24) is 0 Å². The SMILES string of the molecule is Cc1ccc(NCCCCO)c(N)c1. The average molecular weight is 194 g/mol. The average Bonchev–Trinajstić information content (AvgIpc) is 2.15. The Morgan fingerprint density at radius 2 is 2.14 bits per heavy atom. The molecule has 0 aromatic heterocycles. The molecule has 0 radical (unpaired) electrons. The smallest absolute Gasteiger partial charge is 0.0574 e. The zero-order valence-electron chi connectivity index (χ0n) is 8.59. The first-order chi connectivity index (χ1) is 6.74. The van der Waals surface area contributed by atoms with E-state index in [2.05, 4.69) is 5.32 Å². The van der Waals surface area contributed by atoms with Crippen molar-refractivity contribution in [2.24, 2.45) is 0 Å². The zero-order chi connectivity index (χ0) is 10.4. The Morgan fingerprint density at radius 3 is 2.79 bits per heavy atom. The molecule has 0 aliphatic rings. The highest BCUT2D eigenvalue weighted by molar-refractivity contribution is 5.66. The molecular formula is C11H18N2O. The molecule has 0 unspecified atom stereocenters. The van der Waals surface area contributed by atoms with Crippen LogP contribution in [0.3, 0.4) is 0 Å². The molecule has 4 N–H and O–H groups in total. The van der Waals surface area contributed by atoms with Gasteiger partial charge in [0.1, 0.15) is 0 Å². The molecule has 0 aliphatic heterocycles. The van der Waals surface area contributed by atoms with E-state index >= 15 is 0 Å². The van der Waals surface area contributed by atoms with Crippen LogP contribution in [-0.4, -0.2) is 18.3 Å². The first-order valence-corrected chi connectivity index (χ1v) is 4.95. The van der Waals surface area contributed by atoms with Crippen LogP contribution >= 0.6 is 0 Å². The summed E-state index contributed by atoms with van der Waals surface area (Å²) in [5, 5.41) is 11.8. The van der Waals surface area contributed by atoms with E-state index < -0.39 is 0 Å². The number of aliphatic hydroxyl groups excluding tert-OH is 1. The topological polar surface area (TPSA) is 58.3 Å². The van der Waals surface area contributed by atoms with Gasteiger partial charge in [-0.15, -0.1) is 0 Å². The minimum atomic E-state index is 0.255. The number of benzene rings is 1. The van der Waals surface area contributed by atoms with Gasteiger partial charge in [0.15, 0.2) is 0 Å². The summed E-state index contributed by atoms with van der Waals surface area (Å²) in [6.45, 7) is 3.13. The van der Waals surface area contributed by atoms with E-state index in [1.165, 1.54) is 5.56 Å². The molecule has 1 rings (SSSR count). The summed E-state index contributed by atoms with van der Waals surface area (Å²) in [6, 6.07) is 5.97. The lowest BCUT2D eigenvalue weighted by molar-refractivity contribution is 0.286. The van der Waals surface area contributed by atoms with Gasteiger partial charge in [-0.1, -0.05) is 6.07 Å². The molecular weight excluding hydrogens is 176 g/mol. The van der Waals surface area contributed by atoms with E-state index in [1.54, 1.807) is 0 Å². The molecule has 0 amide bonds. The van der Waals surface area contributed by atoms with Crippen molar-refractivity contribution in [3.63, 3.8) is 0 Å². The maximum absolute atomic E-state index is 8.60. The maximum atomic E-state index is 8.60. The first-order valence-electron chi connectivity index (χ1n) is 4.95. The monoisotopic (exact) mass is 194 g/mol. The van der Waals surface area contributed by atoms with Gasteiger partial charge in [-0.05, 0) is 37.5 Å². The summed E-state index contributed by atoms with van der Waals surface area (Å²) in [6.07, 6.45) is 1.79. The molecule has 0 saturated heterocycles. The molecule has 3 heteroatoms. The molecule has 0 atom stereocenters. The molecule has 78 valence electrons. The van der Waals surface area contributed by atoms with Crippen LogP contribution in [0.25, 0.3) is 0 Å². The second-order valence-electron chi connectivity index (χ2n) is 3.45. The summed E-state index contributed by atoms with van der Waals surface area (Å²) in [7, 11) is 0. The van der Waals surface area contributed by atoms with Crippen molar-refractivity contribution in [2.75, 3.05) is 24.2 Å². The van der Waals surface area contributed by atoms with Crippen LogP contribution in [0.5, 0.6) is 0 Å². The lowest BCUT2D eigenvalue weighted by Gasteiger charge is -2.09. The van der Waals surface area contributed by atoms with E-state index in [4.69, 9.17) is 10.8 Å². The third kappa shape index (κ3) is 3.26. The number of nitrogen functional groups attached to an aromatic ring is 1. The van der Waals surface area contributed by atoms with Crippen LogP contribution in [0.2, 0.25) is 0 Å². The molecule has 1 aromatic rings. The van der Waals surface area contributed by atoms with Crippen LogP contribution in [0.1, 0.15) is 18.4 Å². The normalized spacial score (nSPS) is 10.1. The van der Waals surface area contributed by atoms with Crippen molar-refractivity contribution >= 4 is 11.4 Å². The third-order valence-corrected chi connectivity index (χ3v) is 2.11. The molecule has 3 nitrogen and oxygen atoms in total. The number of hydrogen-bond acceptors (Lipinski definition) is 3. The second kappa shape index (κ2) is 5.50. The number of nitrogens with two attached hydrogens (primary N) is 1. The Balaban J connectivity index is 2.42. The molecule has 0 saturated carbocycles. The number of unbranched alkanes of at least 4 members (excludes halogenated alkanes) is 1. The van der Waals surface area contributed by atoms with E-state index in [0.717, 1.165) is 30.8 Å². The lowest BCUT2D eigenvalue weighted by Crippen LogP contribution is -2.04. The fourth-order valence-corrected chi connectivity index (χ4v) is 1.30. The Morgan fingerprint density at radius 1 is 1.36 bits per heavy atom. The van der Waals surface area contributed by atoms with Crippen molar-refractivity contribution in [1.29, 1.82) is 0 Å². The fraction of sp³-hybridized carbons (Fsp3) is 0.455. The molecule has 0 spiro atoms. The summed E-state index contributed by atoms with van der Waals surface area (Å²) in [5.41, 5.74) is 8.76. The van der Waals surface area contributed by atoms with Gasteiger partial charge in [-0.3, -0.25) is 0 Å². The van der Waals surface area contributed by atoms with Gasteiger partial charge >= 0.3 is 0 Å². The number of aliphatic hydroxyl groups is 1. The zero-order valence-corrected chi connectivity index (χ0v) is 8.59. The van der Waals surface area contributed by atoms with Gasteiger partial charge in [0.2, 0.25) is 0 Å². The maximum Gasteiger partial charge on any atom is 0.0574 e. The predicted molar refractivity (Wildman–Crippen MR) is 60.4 cm³/mol. The Bertz CT molecular complexity index is 287. The largest absolute Gasteiger partial charge is 0.397 e. The number of hydrogen-bond donors (Lipinski definition) is 3. The van der Waals surface area contributed by atoms with E-state index in [0.29, 0.717) is 0 Å². The number of aryl methyl sites for hydroxylation is 1. The number of rotatable bonds is 5. The lowest BCUT2D eigenvalue weighted by atomic mass is 10.2. The van der Waals surface area contributed by atoms with Gasteiger partial charge in [0.25, 0.3) is 0 Å². The van der Waals surface area contributed by atoms with E-state index in [-0.39, 0.29) is 6.61 Å². The third-order valence-electron chi connectivity index (χ3n) is 2.11. The quantitative estimate of drug-likeness (QED) is 0.494. The number of anilines is 2. The standard InChI is InChI=1S/C11H18N2O/c1-9-4-5-11(10(12)8-9)13-6-2-3-7-14/h4-5,8,13-14H,2-3,6-7,12H2,1H3. The first kappa shape index (κ1) is 10.9. The minimum absolute atomic E-state index is 0.255.